The van der Waals surface area contributed by atoms with Crippen molar-refractivity contribution in [3.8, 4) is 0 Å². The van der Waals surface area contributed by atoms with Crippen LogP contribution in [-0.2, 0) is 10.0 Å². The average Bonchev–Trinajstić information content (AvgIpc) is 2.70. The molecule has 4 rings (SSSR count). The van der Waals surface area contributed by atoms with E-state index in [-0.39, 0.29) is 27.2 Å². The summed E-state index contributed by atoms with van der Waals surface area (Å²) < 4.78 is 43.5. The van der Waals surface area contributed by atoms with Gasteiger partial charge in [-0.1, -0.05) is 48.0 Å². The summed E-state index contributed by atoms with van der Waals surface area (Å²) in [6.07, 6.45) is 0. The molecule has 0 bridgehead atoms. The molecule has 3 aromatic carbocycles. The number of nitrogens with one attached hydrogen (secondary N) is 1. The molecule has 0 aliphatic carbocycles. The molecule has 0 amide bonds. The van der Waals surface area contributed by atoms with Gasteiger partial charge in [0.25, 0.3) is 0 Å². The number of aromatic nitrogens is 2. The van der Waals surface area contributed by atoms with E-state index in [1.165, 1.54) is 30.3 Å². The monoisotopic (exact) mass is 427 g/mol. The second-order valence-electron chi connectivity index (χ2n) is 6.01. The Balaban J connectivity index is 1.80. The lowest BCUT2D eigenvalue weighted by molar-refractivity contribution is 0.603. The third kappa shape index (κ3) is 4.13. The van der Waals surface area contributed by atoms with Crippen LogP contribution in [0.5, 0.6) is 0 Å². The molecule has 1 N–H and O–H groups in total. The van der Waals surface area contributed by atoms with Gasteiger partial charge in [-0.3, -0.25) is 0 Å². The summed E-state index contributed by atoms with van der Waals surface area (Å²) in [4.78, 5) is 8.60. The maximum Gasteiger partial charge on any atom is 0.202 e. The standard InChI is InChI=1S/C20H13ClFN4O2S/c21-13-6-5-7-14(12-13)29(27,28)26-20-19(23-16-9-2-1-8-15(16)22)24-17-10-3-4-11-18(17)25-20/h1-12H,(H-,23,24,25,26)/q-1. The zero-order valence-corrected chi connectivity index (χ0v) is 16.3. The molecule has 1 heterocycles. The summed E-state index contributed by atoms with van der Waals surface area (Å²) >= 11 is 5.90. The first-order valence-electron chi connectivity index (χ1n) is 8.44. The number of fused-ring (bicyclic) bond motifs is 1. The van der Waals surface area contributed by atoms with E-state index in [2.05, 4.69) is 20.0 Å². The highest BCUT2D eigenvalue weighted by atomic mass is 35.5. The topological polar surface area (TPSA) is 86.1 Å². The summed E-state index contributed by atoms with van der Waals surface area (Å²) in [6, 6.07) is 18.6. The first-order valence-corrected chi connectivity index (χ1v) is 10.3. The summed E-state index contributed by atoms with van der Waals surface area (Å²) in [5.41, 5.74) is 1.07. The summed E-state index contributed by atoms with van der Waals surface area (Å²) in [6.45, 7) is 0. The smallest absolute Gasteiger partial charge is 0.202 e. The number of benzene rings is 3. The SMILES string of the molecule is O=S(=O)([N-]c1nc2ccccc2nc1Nc1ccccc1F)c1cccc(Cl)c1. The lowest BCUT2D eigenvalue weighted by atomic mass is 10.3. The van der Waals surface area contributed by atoms with Crippen molar-refractivity contribution in [2.24, 2.45) is 0 Å². The van der Waals surface area contributed by atoms with Crippen LogP contribution in [0.15, 0.2) is 77.7 Å². The van der Waals surface area contributed by atoms with Crippen LogP contribution in [0.25, 0.3) is 15.8 Å². The zero-order chi connectivity index (χ0) is 20.4. The molecule has 0 aliphatic heterocycles. The van der Waals surface area contributed by atoms with Gasteiger partial charge in [-0.05, 0) is 47.7 Å². The van der Waals surface area contributed by atoms with E-state index >= 15 is 0 Å². The Morgan fingerprint density at radius 1 is 0.897 bits per heavy atom. The number of rotatable bonds is 5. The number of para-hydroxylation sites is 3. The van der Waals surface area contributed by atoms with E-state index in [0.29, 0.717) is 11.0 Å². The highest BCUT2D eigenvalue weighted by Crippen LogP contribution is 2.35. The molecule has 0 atom stereocenters. The molecule has 0 aliphatic rings. The van der Waals surface area contributed by atoms with Crippen molar-refractivity contribution in [2.75, 3.05) is 5.32 Å². The van der Waals surface area contributed by atoms with Crippen LogP contribution in [0, 0.1) is 5.82 Å². The van der Waals surface area contributed by atoms with Crippen LogP contribution in [0.4, 0.5) is 21.7 Å². The fourth-order valence-corrected chi connectivity index (χ4v) is 3.86. The molecular formula is C20H13ClFN4O2S-. The van der Waals surface area contributed by atoms with Crippen LogP contribution in [-0.4, -0.2) is 18.4 Å². The van der Waals surface area contributed by atoms with Crippen molar-refractivity contribution < 1.29 is 12.8 Å². The van der Waals surface area contributed by atoms with Gasteiger partial charge in [0.15, 0.2) is 0 Å². The summed E-state index contributed by atoms with van der Waals surface area (Å²) in [5, 5.41) is 3.05. The fraction of sp³-hybridized carbons (Fsp3) is 0. The average molecular weight is 428 g/mol. The van der Waals surface area contributed by atoms with Crippen molar-refractivity contribution in [2.45, 2.75) is 4.90 Å². The van der Waals surface area contributed by atoms with Crippen LogP contribution in [0.2, 0.25) is 5.02 Å². The van der Waals surface area contributed by atoms with Gasteiger partial charge >= 0.3 is 0 Å². The highest BCUT2D eigenvalue weighted by molar-refractivity contribution is 7.94. The first kappa shape index (κ1) is 19.1. The largest absolute Gasteiger partial charge is 0.431 e. The van der Waals surface area contributed by atoms with Gasteiger partial charge in [-0.2, -0.15) is 0 Å². The zero-order valence-electron chi connectivity index (χ0n) is 14.8. The Morgan fingerprint density at radius 2 is 1.59 bits per heavy atom. The van der Waals surface area contributed by atoms with Gasteiger partial charge in [-0.15, -0.1) is 0 Å². The number of halogens is 2. The van der Waals surface area contributed by atoms with Gasteiger partial charge < -0.3 is 15.0 Å². The van der Waals surface area contributed by atoms with E-state index in [9.17, 15) is 12.8 Å². The molecule has 1 aromatic heterocycles. The second kappa shape index (κ2) is 7.65. The minimum atomic E-state index is -4.13. The Kier molecular flexibility index (Phi) is 5.04. The molecule has 29 heavy (non-hydrogen) atoms. The van der Waals surface area contributed by atoms with Gasteiger partial charge in [0.2, 0.25) is 10.0 Å². The Bertz CT molecular complexity index is 1310. The van der Waals surface area contributed by atoms with E-state index in [4.69, 9.17) is 11.6 Å². The van der Waals surface area contributed by atoms with Crippen molar-refractivity contribution in [3.05, 3.63) is 88.4 Å². The summed E-state index contributed by atoms with van der Waals surface area (Å²) in [5.74, 6) is -0.697. The Morgan fingerprint density at radius 3 is 2.31 bits per heavy atom. The van der Waals surface area contributed by atoms with Gasteiger partial charge in [0.05, 0.1) is 16.1 Å². The third-order valence-electron chi connectivity index (χ3n) is 3.98. The molecule has 4 aromatic rings. The Labute approximate surface area is 171 Å². The van der Waals surface area contributed by atoms with Crippen LogP contribution in [0.1, 0.15) is 0 Å². The molecule has 9 heteroatoms. The number of sulfonamides is 1. The van der Waals surface area contributed by atoms with Crippen molar-refractivity contribution in [1.29, 1.82) is 0 Å². The molecule has 0 radical (unpaired) electrons. The van der Waals surface area contributed by atoms with Gasteiger partial charge in [0, 0.05) is 5.02 Å². The van der Waals surface area contributed by atoms with Crippen LogP contribution >= 0.6 is 11.6 Å². The normalized spacial score (nSPS) is 11.4. The predicted molar refractivity (Wildman–Crippen MR) is 111 cm³/mol. The minimum Gasteiger partial charge on any atom is -0.431 e. The molecule has 6 nitrogen and oxygen atoms in total. The third-order valence-corrected chi connectivity index (χ3v) is 5.48. The molecule has 0 spiro atoms. The van der Waals surface area contributed by atoms with E-state index in [0.717, 1.165) is 0 Å². The van der Waals surface area contributed by atoms with Gasteiger partial charge in [0.1, 0.15) is 11.6 Å². The fourth-order valence-electron chi connectivity index (χ4n) is 2.62. The quantitative estimate of drug-likeness (QED) is 0.450. The molecule has 0 saturated heterocycles. The molecule has 0 saturated carbocycles. The van der Waals surface area contributed by atoms with Crippen molar-refractivity contribution >= 4 is 50.0 Å². The number of nitrogens with zero attached hydrogens (tertiary/aromatic N) is 3. The summed E-state index contributed by atoms with van der Waals surface area (Å²) in [7, 11) is -4.13. The first-order chi connectivity index (χ1) is 13.9. The van der Waals surface area contributed by atoms with E-state index in [1.807, 2.05) is 0 Å². The lowest BCUT2D eigenvalue weighted by Gasteiger charge is -2.21. The van der Waals surface area contributed by atoms with Crippen molar-refractivity contribution in [3.63, 3.8) is 0 Å². The van der Waals surface area contributed by atoms with Crippen LogP contribution < -0.4 is 5.32 Å². The maximum atomic E-state index is 14.1. The number of anilines is 2. The van der Waals surface area contributed by atoms with Crippen molar-refractivity contribution in [1.82, 2.24) is 9.97 Å². The minimum absolute atomic E-state index is 0.0133. The number of hydrogen-bond acceptors (Lipinski definition) is 5. The van der Waals surface area contributed by atoms with E-state index in [1.54, 1.807) is 42.5 Å². The molecular weight excluding hydrogens is 415 g/mol. The van der Waals surface area contributed by atoms with Gasteiger partial charge in [-0.25, -0.2) is 17.8 Å². The van der Waals surface area contributed by atoms with E-state index < -0.39 is 15.8 Å². The number of hydrogen-bond donors (Lipinski definition) is 1. The molecule has 0 unspecified atom stereocenters. The highest BCUT2D eigenvalue weighted by Gasteiger charge is 2.14. The maximum absolute atomic E-state index is 14.1. The molecule has 146 valence electrons. The Hall–Kier alpha value is -3.23. The lowest BCUT2D eigenvalue weighted by Crippen LogP contribution is -2.03. The van der Waals surface area contributed by atoms with Crippen LogP contribution in [0.3, 0.4) is 0 Å². The predicted octanol–water partition coefficient (Wildman–Crippen LogP) is 5.56. The molecule has 0 fully saturated rings. The second-order valence-corrected chi connectivity index (χ2v) is 8.05.